The maximum absolute atomic E-state index is 12.7. The zero-order valence-corrected chi connectivity index (χ0v) is 11.6. The number of hydrogen-bond donors (Lipinski definition) is 1. The highest BCUT2D eigenvalue weighted by atomic mass is 32.2. The minimum absolute atomic E-state index is 0.00470. The minimum Gasteiger partial charge on any atom is -0.315 e. The zero-order chi connectivity index (χ0) is 13.8. The third-order valence-corrected chi connectivity index (χ3v) is 4.72. The average Bonchev–Trinajstić information content (AvgIpc) is 2.50. The summed E-state index contributed by atoms with van der Waals surface area (Å²) in [6.07, 6.45) is -1.84. The standard InChI is InChI=1S/C11H21F3N2OS/c1-9(18(2)17)3-5-16-6-4-15-7-10(8-16)11(12,13)14/h9-10,15H,3-8H2,1-2H3. The van der Waals surface area contributed by atoms with E-state index < -0.39 is 22.9 Å². The summed E-state index contributed by atoms with van der Waals surface area (Å²) in [7, 11) is -0.909. The Bertz CT molecular complexity index is 286. The van der Waals surface area contributed by atoms with Crippen molar-refractivity contribution in [1.29, 1.82) is 0 Å². The molecular formula is C11H21F3N2OS. The number of rotatable bonds is 4. The van der Waals surface area contributed by atoms with Crippen LogP contribution in [0.2, 0.25) is 0 Å². The topological polar surface area (TPSA) is 32.3 Å². The summed E-state index contributed by atoms with van der Waals surface area (Å²) < 4.78 is 49.3. The number of halogens is 3. The van der Waals surface area contributed by atoms with Crippen molar-refractivity contribution in [3.05, 3.63) is 0 Å². The van der Waals surface area contributed by atoms with Crippen molar-refractivity contribution in [1.82, 2.24) is 10.2 Å². The lowest BCUT2D eigenvalue weighted by Crippen LogP contribution is -2.39. The smallest absolute Gasteiger partial charge is 0.315 e. The van der Waals surface area contributed by atoms with Gasteiger partial charge >= 0.3 is 6.18 Å². The maximum Gasteiger partial charge on any atom is 0.394 e. The number of nitrogens with one attached hydrogen (secondary N) is 1. The van der Waals surface area contributed by atoms with Gasteiger partial charge in [-0.3, -0.25) is 4.21 Å². The van der Waals surface area contributed by atoms with Gasteiger partial charge in [0.1, 0.15) is 0 Å². The second-order valence-corrected chi connectivity index (χ2v) is 6.64. The van der Waals surface area contributed by atoms with Gasteiger partial charge in [0.15, 0.2) is 0 Å². The highest BCUT2D eigenvalue weighted by molar-refractivity contribution is 7.84. The third kappa shape index (κ3) is 5.24. The molecule has 0 spiro atoms. The van der Waals surface area contributed by atoms with Crippen LogP contribution >= 0.6 is 0 Å². The largest absolute Gasteiger partial charge is 0.394 e. The highest BCUT2D eigenvalue weighted by Crippen LogP contribution is 2.27. The first kappa shape index (κ1) is 15.9. The van der Waals surface area contributed by atoms with Crippen molar-refractivity contribution in [2.45, 2.75) is 24.8 Å². The Morgan fingerprint density at radius 3 is 2.72 bits per heavy atom. The molecule has 0 saturated carbocycles. The summed E-state index contributed by atoms with van der Waals surface area (Å²) >= 11 is 0. The fourth-order valence-corrected chi connectivity index (χ4v) is 2.37. The van der Waals surface area contributed by atoms with Gasteiger partial charge in [0.2, 0.25) is 0 Å². The van der Waals surface area contributed by atoms with Crippen LogP contribution in [0.5, 0.6) is 0 Å². The van der Waals surface area contributed by atoms with E-state index in [1.165, 1.54) is 0 Å². The summed E-state index contributed by atoms with van der Waals surface area (Å²) in [5.74, 6) is -1.30. The molecule has 0 aromatic rings. The Balaban J connectivity index is 2.47. The molecule has 3 atom stereocenters. The van der Waals surface area contributed by atoms with Gasteiger partial charge in [-0.15, -0.1) is 0 Å². The Morgan fingerprint density at radius 1 is 1.50 bits per heavy atom. The lowest BCUT2D eigenvalue weighted by Gasteiger charge is -2.25. The molecule has 1 fully saturated rings. The first-order chi connectivity index (χ1) is 8.30. The Hall–Kier alpha value is -0.140. The van der Waals surface area contributed by atoms with Gasteiger partial charge < -0.3 is 10.2 Å². The van der Waals surface area contributed by atoms with Crippen LogP contribution in [0.4, 0.5) is 13.2 Å². The van der Waals surface area contributed by atoms with Crippen LogP contribution < -0.4 is 5.32 Å². The predicted molar refractivity (Wildman–Crippen MR) is 67.0 cm³/mol. The van der Waals surface area contributed by atoms with Crippen LogP contribution in [-0.4, -0.2) is 59.5 Å². The summed E-state index contributed by atoms with van der Waals surface area (Å²) in [6, 6.07) is 0. The van der Waals surface area contributed by atoms with E-state index in [0.29, 0.717) is 26.1 Å². The normalized spacial score (nSPS) is 26.6. The molecule has 0 aromatic heterocycles. The Kier molecular flexibility index (Phi) is 6.07. The van der Waals surface area contributed by atoms with Crippen LogP contribution in [0, 0.1) is 5.92 Å². The molecule has 108 valence electrons. The lowest BCUT2D eigenvalue weighted by molar-refractivity contribution is -0.175. The lowest BCUT2D eigenvalue weighted by atomic mass is 10.1. The Labute approximate surface area is 109 Å². The van der Waals surface area contributed by atoms with Gasteiger partial charge in [0.25, 0.3) is 0 Å². The molecule has 1 N–H and O–H groups in total. The molecule has 0 aromatic carbocycles. The van der Waals surface area contributed by atoms with Crippen molar-refractivity contribution in [2.75, 3.05) is 39.0 Å². The van der Waals surface area contributed by atoms with Gasteiger partial charge in [-0.05, 0) is 13.0 Å². The SMILES string of the molecule is CC(CCN1CCNCC(C(F)(F)F)C1)S(C)=O. The number of alkyl halides is 3. The quantitative estimate of drug-likeness (QED) is 0.843. The molecule has 1 saturated heterocycles. The van der Waals surface area contributed by atoms with E-state index in [1.807, 2.05) is 11.8 Å². The monoisotopic (exact) mass is 286 g/mol. The van der Waals surface area contributed by atoms with Gasteiger partial charge in [0, 0.05) is 48.5 Å². The second kappa shape index (κ2) is 6.86. The summed E-state index contributed by atoms with van der Waals surface area (Å²) in [5, 5.41) is 2.86. The zero-order valence-electron chi connectivity index (χ0n) is 10.8. The van der Waals surface area contributed by atoms with E-state index in [-0.39, 0.29) is 18.3 Å². The summed E-state index contributed by atoms with van der Waals surface area (Å²) in [4.78, 5) is 1.82. The van der Waals surface area contributed by atoms with E-state index >= 15 is 0 Å². The van der Waals surface area contributed by atoms with Crippen molar-refractivity contribution in [3.63, 3.8) is 0 Å². The van der Waals surface area contributed by atoms with E-state index in [2.05, 4.69) is 5.32 Å². The number of hydrogen-bond acceptors (Lipinski definition) is 3. The average molecular weight is 286 g/mol. The molecule has 18 heavy (non-hydrogen) atoms. The van der Waals surface area contributed by atoms with Gasteiger partial charge in [-0.25, -0.2) is 0 Å². The predicted octanol–water partition coefficient (Wildman–Crippen LogP) is 1.23. The number of nitrogens with zero attached hydrogens (tertiary/aromatic N) is 1. The molecular weight excluding hydrogens is 265 g/mol. The fourth-order valence-electron chi connectivity index (χ4n) is 1.93. The van der Waals surface area contributed by atoms with Gasteiger partial charge in [-0.2, -0.15) is 13.2 Å². The second-order valence-electron chi connectivity index (χ2n) is 4.84. The maximum atomic E-state index is 12.7. The molecule has 3 nitrogen and oxygen atoms in total. The molecule has 0 bridgehead atoms. The molecule has 1 rings (SSSR count). The summed E-state index contributed by atoms with van der Waals surface area (Å²) in [5.41, 5.74) is 0. The van der Waals surface area contributed by atoms with E-state index in [1.54, 1.807) is 6.26 Å². The van der Waals surface area contributed by atoms with E-state index in [4.69, 9.17) is 0 Å². The van der Waals surface area contributed by atoms with Crippen molar-refractivity contribution >= 4 is 10.8 Å². The van der Waals surface area contributed by atoms with Gasteiger partial charge in [0.05, 0.1) is 5.92 Å². The van der Waals surface area contributed by atoms with Crippen molar-refractivity contribution in [3.8, 4) is 0 Å². The van der Waals surface area contributed by atoms with Crippen LogP contribution in [0.3, 0.4) is 0 Å². The molecule has 0 amide bonds. The molecule has 0 radical (unpaired) electrons. The van der Waals surface area contributed by atoms with Gasteiger partial charge in [-0.1, -0.05) is 6.92 Å². The van der Waals surface area contributed by atoms with Crippen LogP contribution in [0.25, 0.3) is 0 Å². The Morgan fingerprint density at radius 2 is 2.17 bits per heavy atom. The first-order valence-electron chi connectivity index (χ1n) is 6.12. The van der Waals surface area contributed by atoms with Crippen molar-refractivity contribution < 1.29 is 17.4 Å². The minimum atomic E-state index is -4.14. The molecule has 0 aliphatic carbocycles. The van der Waals surface area contributed by atoms with E-state index in [9.17, 15) is 17.4 Å². The van der Waals surface area contributed by atoms with Crippen molar-refractivity contribution in [2.24, 2.45) is 5.92 Å². The molecule has 1 heterocycles. The van der Waals surface area contributed by atoms with E-state index in [0.717, 1.165) is 0 Å². The van der Waals surface area contributed by atoms with Crippen LogP contribution in [0.1, 0.15) is 13.3 Å². The van der Waals surface area contributed by atoms with Crippen LogP contribution in [0.15, 0.2) is 0 Å². The van der Waals surface area contributed by atoms with Crippen LogP contribution in [-0.2, 0) is 10.8 Å². The molecule has 1 aliphatic heterocycles. The molecule has 3 unspecified atom stereocenters. The third-order valence-electron chi connectivity index (χ3n) is 3.36. The summed E-state index contributed by atoms with van der Waals surface area (Å²) in [6.45, 7) is 3.68. The molecule has 1 aliphatic rings. The highest BCUT2D eigenvalue weighted by Gasteiger charge is 2.40. The first-order valence-corrected chi connectivity index (χ1v) is 7.75. The fraction of sp³-hybridized carbons (Fsp3) is 1.00. The molecule has 7 heteroatoms.